The highest BCUT2D eigenvalue weighted by atomic mass is 14.4. The standard InChI is InChI=1S/C45H32/c1-45(2)41-23-13-12-22-39(41)44-37-21-11-10-20-35(37)40(28-42(44)45)36-26-27-38(34-19-9-8-18-33(34)36)43-31-17-7-6-16-30(31)24-25-32(43)29-14-4-3-5-15-29/h3-28H,1-2H3. The average molecular weight is 573 g/mol. The third kappa shape index (κ3) is 3.79. The van der Waals surface area contributed by atoms with Gasteiger partial charge in [-0.2, -0.15) is 0 Å². The van der Waals surface area contributed by atoms with Gasteiger partial charge in [-0.3, -0.25) is 0 Å². The zero-order valence-corrected chi connectivity index (χ0v) is 25.5. The van der Waals surface area contributed by atoms with Crippen LogP contribution in [0.25, 0.3) is 76.8 Å². The van der Waals surface area contributed by atoms with E-state index in [-0.39, 0.29) is 5.41 Å². The van der Waals surface area contributed by atoms with E-state index in [1.54, 1.807) is 0 Å². The molecule has 0 bridgehead atoms. The van der Waals surface area contributed by atoms with E-state index in [9.17, 15) is 0 Å². The van der Waals surface area contributed by atoms with Gasteiger partial charge in [0.1, 0.15) is 0 Å². The maximum Gasteiger partial charge on any atom is 0.0159 e. The molecule has 212 valence electrons. The highest BCUT2D eigenvalue weighted by Gasteiger charge is 2.37. The summed E-state index contributed by atoms with van der Waals surface area (Å²) in [7, 11) is 0. The SMILES string of the molecule is CC1(C)c2ccccc2-c2c1cc(-c1ccc(-c3c(-c4ccccc4)ccc4ccccc34)c3ccccc13)c1ccccc21. The fourth-order valence-corrected chi connectivity index (χ4v) is 7.94. The fourth-order valence-electron chi connectivity index (χ4n) is 7.94. The molecule has 0 heteroatoms. The van der Waals surface area contributed by atoms with Crippen LogP contribution in [0.1, 0.15) is 25.0 Å². The molecule has 0 atom stereocenters. The molecular formula is C45H32. The molecule has 0 radical (unpaired) electrons. The Hall–Kier alpha value is -5.46. The Morgan fingerprint density at radius 3 is 1.67 bits per heavy atom. The van der Waals surface area contributed by atoms with Crippen LogP contribution in [0.2, 0.25) is 0 Å². The highest BCUT2D eigenvalue weighted by Crippen LogP contribution is 2.54. The molecule has 0 heterocycles. The molecule has 0 unspecified atom stereocenters. The lowest BCUT2D eigenvalue weighted by atomic mass is 9.79. The Labute approximate surface area is 264 Å². The van der Waals surface area contributed by atoms with Crippen LogP contribution in [0.4, 0.5) is 0 Å². The van der Waals surface area contributed by atoms with Crippen molar-refractivity contribution in [3.63, 3.8) is 0 Å². The first-order valence-electron chi connectivity index (χ1n) is 15.9. The summed E-state index contributed by atoms with van der Waals surface area (Å²) in [5.74, 6) is 0. The molecule has 9 rings (SSSR count). The molecule has 0 nitrogen and oxygen atoms in total. The van der Waals surface area contributed by atoms with E-state index in [1.165, 1.54) is 88.0 Å². The molecule has 1 aliphatic carbocycles. The van der Waals surface area contributed by atoms with Gasteiger partial charge in [-0.25, -0.2) is 0 Å². The minimum Gasteiger partial charge on any atom is -0.0622 e. The summed E-state index contributed by atoms with van der Waals surface area (Å²) < 4.78 is 0. The van der Waals surface area contributed by atoms with Crippen molar-refractivity contribution in [3.05, 3.63) is 169 Å². The first kappa shape index (κ1) is 26.0. The van der Waals surface area contributed by atoms with Crippen molar-refractivity contribution >= 4 is 32.3 Å². The summed E-state index contributed by atoms with van der Waals surface area (Å²) in [5, 5.41) is 7.72. The summed E-state index contributed by atoms with van der Waals surface area (Å²) in [6.45, 7) is 4.76. The van der Waals surface area contributed by atoms with Crippen molar-refractivity contribution < 1.29 is 0 Å². The van der Waals surface area contributed by atoms with Gasteiger partial charge in [0, 0.05) is 5.41 Å². The van der Waals surface area contributed by atoms with Crippen LogP contribution in [0.3, 0.4) is 0 Å². The van der Waals surface area contributed by atoms with E-state index in [0.717, 1.165) is 0 Å². The second-order valence-corrected chi connectivity index (χ2v) is 12.8. The highest BCUT2D eigenvalue weighted by molar-refractivity contribution is 6.16. The van der Waals surface area contributed by atoms with Gasteiger partial charge in [0.05, 0.1) is 0 Å². The smallest absolute Gasteiger partial charge is 0.0159 e. The summed E-state index contributed by atoms with van der Waals surface area (Å²) >= 11 is 0. The van der Waals surface area contributed by atoms with Crippen molar-refractivity contribution in [1.82, 2.24) is 0 Å². The van der Waals surface area contributed by atoms with Crippen LogP contribution in [-0.4, -0.2) is 0 Å². The topological polar surface area (TPSA) is 0 Å². The zero-order chi connectivity index (χ0) is 30.1. The predicted molar refractivity (Wildman–Crippen MR) is 193 cm³/mol. The zero-order valence-electron chi connectivity index (χ0n) is 25.5. The van der Waals surface area contributed by atoms with Crippen LogP contribution < -0.4 is 0 Å². The first-order valence-corrected chi connectivity index (χ1v) is 15.9. The van der Waals surface area contributed by atoms with Crippen molar-refractivity contribution in [2.24, 2.45) is 0 Å². The molecule has 45 heavy (non-hydrogen) atoms. The van der Waals surface area contributed by atoms with Gasteiger partial charge >= 0.3 is 0 Å². The number of fused-ring (bicyclic) bond motifs is 7. The molecule has 8 aromatic carbocycles. The molecule has 8 aromatic rings. The summed E-state index contributed by atoms with van der Waals surface area (Å²) in [5.41, 5.74) is 13.1. The van der Waals surface area contributed by atoms with E-state index >= 15 is 0 Å². The maximum absolute atomic E-state index is 2.49. The largest absolute Gasteiger partial charge is 0.0622 e. The number of hydrogen-bond donors (Lipinski definition) is 0. The van der Waals surface area contributed by atoms with Crippen LogP contribution >= 0.6 is 0 Å². The molecule has 0 amide bonds. The van der Waals surface area contributed by atoms with Gasteiger partial charge in [0.15, 0.2) is 0 Å². The molecular weight excluding hydrogens is 540 g/mol. The van der Waals surface area contributed by atoms with Crippen molar-refractivity contribution in [2.75, 3.05) is 0 Å². The van der Waals surface area contributed by atoms with Gasteiger partial charge in [0.25, 0.3) is 0 Å². The molecule has 0 saturated carbocycles. The molecule has 0 aliphatic heterocycles. The number of hydrogen-bond acceptors (Lipinski definition) is 0. The minimum atomic E-state index is -0.0754. The number of benzene rings is 8. The van der Waals surface area contributed by atoms with Gasteiger partial charge in [-0.15, -0.1) is 0 Å². The normalized spacial score (nSPS) is 13.3. The third-order valence-corrected chi connectivity index (χ3v) is 10.1. The number of rotatable bonds is 3. The quantitative estimate of drug-likeness (QED) is 0.197. The summed E-state index contributed by atoms with van der Waals surface area (Å²) in [6, 6.07) is 58.3. The fraction of sp³-hybridized carbons (Fsp3) is 0.0667. The second kappa shape index (κ2) is 9.78. The van der Waals surface area contributed by atoms with Crippen LogP contribution in [0.15, 0.2) is 158 Å². The molecule has 0 fully saturated rings. The summed E-state index contributed by atoms with van der Waals surface area (Å²) in [6.07, 6.45) is 0. The van der Waals surface area contributed by atoms with E-state index in [4.69, 9.17) is 0 Å². The summed E-state index contributed by atoms with van der Waals surface area (Å²) in [4.78, 5) is 0. The predicted octanol–water partition coefficient (Wildman–Crippen LogP) is 12.5. The molecule has 0 spiro atoms. The van der Waals surface area contributed by atoms with Gasteiger partial charge in [-0.05, 0) is 94.0 Å². The van der Waals surface area contributed by atoms with Crippen molar-refractivity contribution in [1.29, 1.82) is 0 Å². The lowest BCUT2D eigenvalue weighted by Crippen LogP contribution is -2.15. The van der Waals surface area contributed by atoms with Gasteiger partial charge < -0.3 is 0 Å². The lowest BCUT2D eigenvalue weighted by molar-refractivity contribution is 0.661. The maximum atomic E-state index is 2.49. The monoisotopic (exact) mass is 572 g/mol. The molecule has 0 N–H and O–H groups in total. The molecule has 1 aliphatic rings. The van der Waals surface area contributed by atoms with Crippen molar-refractivity contribution in [3.8, 4) is 44.5 Å². The Bertz CT molecular complexity index is 2440. The van der Waals surface area contributed by atoms with E-state index < -0.39 is 0 Å². The minimum absolute atomic E-state index is 0.0754. The van der Waals surface area contributed by atoms with E-state index in [2.05, 4.69) is 172 Å². The average Bonchev–Trinajstić information content (AvgIpc) is 3.33. The van der Waals surface area contributed by atoms with E-state index in [1.807, 2.05) is 0 Å². The van der Waals surface area contributed by atoms with Gasteiger partial charge in [-0.1, -0.05) is 166 Å². The van der Waals surface area contributed by atoms with Gasteiger partial charge in [0.2, 0.25) is 0 Å². The Morgan fingerprint density at radius 2 is 0.889 bits per heavy atom. The van der Waals surface area contributed by atoms with Crippen LogP contribution in [0.5, 0.6) is 0 Å². The Balaban J connectivity index is 1.35. The lowest BCUT2D eigenvalue weighted by Gasteiger charge is -2.23. The van der Waals surface area contributed by atoms with E-state index in [0.29, 0.717) is 0 Å². The Morgan fingerprint density at radius 1 is 0.333 bits per heavy atom. The third-order valence-electron chi connectivity index (χ3n) is 10.1. The Kier molecular flexibility index (Phi) is 5.64. The second-order valence-electron chi connectivity index (χ2n) is 12.8. The van der Waals surface area contributed by atoms with Crippen LogP contribution in [-0.2, 0) is 5.41 Å². The molecule has 0 saturated heterocycles. The van der Waals surface area contributed by atoms with Crippen molar-refractivity contribution in [2.45, 2.75) is 19.3 Å². The first-order chi connectivity index (χ1) is 22.1. The molecule has 0 aromatic heterocycles. The van der Waals surface area contributed by atoms with Crippen LogP contribution in [0, 0.1) is 0 Å².